The number of piperazine rings is 1. The van der Waals surface area contributed by atoms with Gasteiger partial charge < -0.3 is 19.9 Å². The van der Waals surface area contributed by atoms with Crippen molar-refractivity contribution in [3.63, 3.8) is 0 Å². The van der Waals surface area contributed by atoms with E-state index in [9.17, 15) is 18.0 Å². The van der Waals surface area contributed by atoms with Crippen LogP contribution in [0.1, 0.15) is 57.4 Å². The predicted octanol–water partition coefficient (Wildman–Crippen LogP) is 3.85. The van der Waals surface area contributed by atoms with Crippen LogP contribution in [0.4, 0.5) is 19.0 Å². The van der Waals surface area contributed by atoms with E-state index in [0.29, 0.717) is 48.7 Å². The number of amides is 1. The fourth-order valence-electron chi connectivity index (χ4n) is 7.78. The van der Waals surface area contributed by atoms with Crippen LogP contribution in [0.2, 0.25) is 0 Å². The summed E-state index contributed by atoms with van der Waals surface area (Å²) in [5.74, 6) is 1.59. The van der Waals surface area contributed by atoms with Gasteiger partial charge in [-0.05, 0) is 62.5 Å². The van der Waals surface area contributed by atoms with Gasteiger partial charge in [-0.25, -0.2) is 4.98 Å². The normalized spacial score (nSPS) is 38.9. The Morgan fingerprint density at radius 3 is 2.83 bits per heavy atom. The molecule has 5 fully saturated rings. The number of hydrogen-bond acceptors (Lipinski definition) is 5. The highest BCUT2D eigenvalue weighted by Crippen LogP contribution is 2.56. The van der Waals surface area contributed by atoms with Crippen LogP contribution >= 0.6 is 0 Å². The topological polar surface area (TPSA) is 57.7 Å². The second-order valence-electron chi connectivity index (χ2n) is 11.5. The fraction of sp³-hybridized carbons (Fsp3) is 0.769. The number of carbonyl (C=O) groups is 1. The van der Waals surface area contributed by atoms with E-state index in [0.717, 1.165) is 70.3 Å². The zero-order valence-corrected chi connectivity index (χ0v) is 20.3. The third-order valence-electron chi connectivity index (χ3n) is 9.52. The Bertz CT molecular complexity index is 974. The summed E-state index contributed by atoms with van der Waals surface area (Å²) in [7, 11) is 0. The van der Waals surface area contributed by atoms with Gasteiger partial charge in [-0.1, -0.05) is 13.3 Å². The molecule has 5 aliphatic rings. The van der Waals surface area contributed by atoms with Crippen molar-refractivity contribution in [2.75, 3.05) is 31.2 Å². The number of alkyl halides is 3. The van der Waals surface area contributed by atoms with E-state index in [1.54, 1.807) is 0 Å². The minimum Gasteiger partial charge on any atom is -0.381 e. The Balaban J connectivity index is 1.14. The number of hydrogen-bond donors (Lipinski definition) is 1. The van der Waals surface area contributed by atoms with E-state index in [1.165, 1.54) is 6.20 Å². The van der Waals surface area contributed by atoms with Gasteiger partial charge in [0.2, 0.25) is 5.91 Å². The van der Waals surface area contributed by atoms with E-state index < -0.39 is 11.7 Å². The van der Waals surface area contributed by atoms with Crippen LogP contribution in [0.25, 0.3) is 0 Å². The monoisotopic (exact) mass is 492 g/mol. The number of nitrogens with one attached hydrogen (secondary N) is 1. The fourth-order valence-corrected chi connectivity index (χ4v) is 7.78. The van der Waals surface area contributed by atoms with E-state index in [1.807, 2.05) is 4.90 Å². The molecule has 1 aromatic rings. The molecule has 7 atom stereocenters. The molecule has 9 heteroatoms. The van der Waals surface area contributed by atoms with Gasteiger partial charge in [-0.15, -0.1) is 0 Å². The summed E-state index contributed by atoms with van der Waals surface area (Å²) < 4.78 is 45.2. The minimum absolute atomic E-state index is 0.0367. The molecule has 1 amide bonds. The first-order valence-electron chi connectivity index (χ1n) is 13.2. The second kappa shape index (κ2) is 8.61. The number of aromatic nitrogens is 1. The molecule has 2 bridgehead atoms. The van der Waals surface area contributed by atoms with Crippen molar-refractivity contribution in [3.05, 3.63) is 23.9 Å². The van der Waals surface area contributed by atoms with E-state index in [4.69, 9.17) is 4.74 Å². The highest BCUT2D eigenvalue weighted by molar-refractivity contribution is 5.85. The number of halogens is 3. The van der Waals surface area contributed by atoms with E-state index >= 15 is 0 Å². The van der Waals surface area contributed by atoms with Crippen LogP contribution in [-0.2, 0) is 15.7 Å². The number of anilines is 1. The quantitative estimate of drug-likeness (QED) is 0.692. The van der Waals surface area contributed by atoms with Crippen LogP contribution in [0.3, 0.4) is 0 Å². The Morgan fingerprint density at radius 1 is 1.23 bits per heavy atom. The molecule has 0 spiro atoms. The highest BCUT2D eigenvalue weighted by Gasteiger charge is 2.59. The molecule has 4 heterocycles. The zero-order valence-electron chi connectivity index (χ0n) is 20.3. The van der Waals surface area contributed by atoms with Crippen LogP contribution in [0, 0.1) is 17.3 Å². The number of nitrogens with zero attached hydrogens (tertiary/aromatic N) is 3. The Morgan fingerprint density at radius 2 is 2.09 bits per heavy atom. The molecule has 3 saturated heterocycles. The van der Waals surface area contributed by atoms with Gasteiger partial charge in [-0.2, -0.15) is 13.2 Å². The molecule has 0 aromatic carbocycles. The van der Waals surface area contributed by atoms with Gasteiger partial charge in [0.1, 0.15) is 5.82 Å². The van der Waals surface area contributed by atoms with Crippen molar-refractivity contribution in [1.29, 1.82) is 0 Å². The molecule has 6 rings (SSSR count). The van der Waals surface area contributed by atoms with Crippen molar-refractivity contribution >= 4 is 11.7 Å². The van der Waals surface area contributed by atoms with Gasteiger partial charge in [-0.3, -0.25) is 4.79 Å². The first-order valence-corrected chi connectivity index (χ1v) is 13.2. The summed E-state index contributed by atoms with van der Waals surface area (Å²) >= 11 is 0. The zero-order chi connectivity index (χ0) is 24.4. The summed E-state index contributed by atoms with van der Waals surface area (Å²) in [5.41, 5.74) is -0.940. The molecule has 6 nitrogen and oxygen atoms in total. The van der Waals surface area contributed by atoms with Gasteiger partial charge in [0.15, 0.2) is 0 Å². The maximum Gasteiger partial charge on any atom is 0.416 e. The van der Waals surface area contributed by atoms with Gasteiger partial charge in [0.25, 0.3) is 0 Å². The molecular weight excluding hydrogens is 457 g/mol. The third-order valence-corrected chi connectivity index (χ3v) is 9.52. The maximum atomic E-state index is 14.1. The molecule has 1 aromatic heterocycles. The summed E-state index contributed by atoms with van der Waals surface area (Å²) in [6, 6.07) is 3.08. The standard InChI is InChI=1S/C26H35F3N4O2/c1-16-15-35-8-5-22(16)31-19-9-17-3-2-6-25(17,12-19)24(34)33-14-20-11-21(33)13-32(20)23-10-18(4-7-30-23)26(27,28)29/h4,7,10,16-17,19-22,31H,2-3,5-6,8-9,11-15H2,1H3/t16-,17-,19-,20-,21+,22-,25-/m1/s1. The van der Waals surface area contributed by atoms with Gasteiger partial charge in [0, 0.05) is 38.0 Å². The number of rotatable bonds is 4. The lowest BCUT2D eigenvalue weighted by Gasteiger charge is -2.40. The summed E-state index contributed by atoms with van der Waals surface area (Å²) in [6.45, 7) is 4.99. The molecule has 0 radical (unpaired) electrons. The van der Waals surface area contributed by atoms with Crippen molar-refractivity contribution in [2.24, 2.45) is 17.3 Å². The van der Waals surface area contributed by atoms with Crippen LogP contribution < -0.4 is 10.2 Å². The Labute approximate surface area is 204 Å². The summed E-state index contributed by atoms with van der Waals surface area (Å²) in [5, 5.41) is 3.89. The first kappa shape index (κ1) is 23.5. The van der Waals surface area contributed by atoms with Gasteiger partial charge >= 0.3 is 6.18 Å². The summed E-state index contributed by atoms with van der Waals surface area (Å²) in [6.07, 6.45) is 3.86. The van der Waals surface area contributed by atoms with Gasteiger partial charge in [0.05, 0.1) is 29.7 Å². The third kappa shape index (κ3) is 4.02. The summed E-state index contributed by atoms with van der Waals surface area (Å²) in [4.78, 5) is 22.3. The van der Waals surface area contributed by atoms with E-state index in [-0.39, 0.29) is 17.5 Å². The van der Waals surface area contributed by atoms with Crippen LogP contribution in [0.5, 0.6) is 0 Å². The second-order valence-corrected chi connectivity index (χ2v) is 11.5. The molecule has 192 valence electrons. The maximum absolute atomic E-state index is 14.1. The molecular formula is C26H35F3N4O2. The molecule has 3 aliphatic heterocycles. The molecule has 1 N–H and O–H groups in total. The number of carbonyl (C=O) groups excluding carboxylic acids is 1. The van der Waals surface area contributed by atoms with Crippen molar-refractivity contribution in [2.45, 2.75) is 82.2 Å². The lowest BCUT2D eigenvalue weighted by atomic mass is 9.78. The number of ether oxygens (including phenoxy) is 1. The SMILES string of the molecule is C[C@@H]1COCC[C@H]1N[C@@H]1C[C@H]2CCC[C@@]2(C(=O)N2C[C@H]3C[C@H]2CN3c2cc(C(F)(F)F)ccn2)C1. The number of pyridine rings is 1. The molecule has 0 unspecified atom stereocenters. The molecule has 35 heavy (non-hydrogen) atoms. The van der Waals surface area contributed by atoms with Crippen LogP contribution in [0.15, 0.2) is 18.3 Å². The minimum atomic E-state index is -4.38. The number of likely N-dealkylation sites (tertiary alicyclic amines) is 1. The molecule has 2 saturated carbocycles. The first-order chi connectivity index (χ1) is 16.7. The van der Waals surface area contributed by atoms with Crippen molar-refractivity contribution < 1.29 is 22.7 Å². The van der Waals surface area contributed by atoms with Crippen molar-refractivity contribution in [1.82, 2.24) is 15.2 Å². The number of fused-ring (bicyclic) bond motifs is 3. The Kier molecular flexibility index (Phi) is 5.79. The van der Waals surface area contributed by atoms with Crippen LogP contribution in [-0.4, -0.2) is 66.3 Å². The highest BCUT2D eigenvalue weighted by atomic mass is 19.4. The largest absolute Gasteiger partial charge is 0.416 e. The van der Waals surface area contributed by atoms with Crippen molar-refractivity contribution in [3.8, 4) is 0 Å². The Hall–Kier alpha value is -1.87. The average molecular weight is 493 g/mol. The lowest BCUT2D eigenvalue weighted by Crippen LogP contribution is -2.54. The van der Waals surface area contributed by atoms with E-state index in [2.05, 4.69) is 22.1 Å². The average Bonchev–Trinajstić information content (AvgIpc) is 3.59. The molecule has 2 aliphatic carbocycles. The smallest absolute Gasteiger partial charge is 0.381 e. The lowest BCUT2D eigenvalue weighted by molar-refractivity contribution is -0.144. The predicted molar refractivity (Wildman–Crippen MR) is 125 cm³/mol.